The van der Waals surface area contributed by atoms with E-state index in [9.17, 15) is 4.79 Å². The lowest BCUT2D eigenvalue weighted by molar-refractivity contribution is 0.0950. The number of rotatable bonds is 4. The van der Waals surface area contributed by atoms with Crippen molar-refractivity contribution >= 4 is 17.1 Å². The quantitative estimate of drug-likeness (QED) is 0.883. The standard InChI is InChI=1S/C14H18N4O/c1-8(2)5-17-14(19)10-6-15-13-12(10)18-11(7-16-13)9-3-4-9/h6-9H,3-5H2,1-2H3,(H,15,16)(H,17,19). The third kappa shape index (κ3) is 2.45. The molecule has 0 unspecified atom stereocenters. The van der Waals surface area contributed by atoms with Gasteiger partial charge in [-0.1, -0.05) is 13.8 Å². The number of hydrogen-bond donors (Lipinski definition) is 2. The fourth-order valence-corrected chi connectivity index (χ4v) is 2.05. The third-order valence-electron chi connectivity index (χ3n) is 3.31. The van der Waals surface area contributed by atoms with Crippen molar-refractivity contribution < 1.29 is 4.79 Å². The van der Waals surface area contributed by atoms with Crippen LogP contribution < -0.4 is 5.32 Å². The molecule has 19 heavy (non-hydrogen) atoms. The molecule has 0 saturated heterocycles. The SMILES string of the molecule is CC(C)CNC(=O)c1c[nH]c2ncc(C3CC3)nc12. The third-order valence-corrected chi connectivity index (χ3v) is 3.31. The lowest BCUT2D eigenvalue weighted by atomic mass is 10.2. The average Bonchev–Trinajstić information content (AvgIpc) is 3.15. The maximum atomic E-state index is 12.1. The Bertz CT molecular complexity index is 613. The van der Waals surface area contributed by atoms with E-state index >= 15 is 0 Å². The highest BCUT2D eigenvalue weighted by atomic mass is 16.1. The molecule has 2 aromatic heterocycles. The topological polar surface area (TPSA) is 70.7 Å². The van der Waals surface area contributed by atoms with Crippen LogP contribution in [0.15, 0.2) is 12.4 Å². The number of hydrogen-bond acceptors (Lipinski definition) is 3. The number of aromatic nitrogens is 3. The number of carbonyl (C=O) groups excluding carboxylic acids is 1. The first-order valence-electron chi connectivity index (χ1n) is 6.77. The van der Waals surface area contributed by atoms with Crippen LogP contribution in [0, 0.1) is 5.92 Å². The summed E-state index contributed by atoms with van der Waals surface area (Å²) in [6.07, 6.45) is 5.86. The van der Waals surface area contributed by atoms with Crippen molar-refractivity contribution in [2.24, 2.45) is 5.92 Å². The number of aromatic amines is 1. The molecule has 0 aliphatic heterocycles. The second-order valence-corrected chi connectivity index (χ2v) is 5.57. The Labute approximate surface area is 111 Å². The first kappa shape index (κ1) is 12.1. The van der Waals surface area contributed by atoms with Gasteiger partial charge < -0.3 is 10.3 Å². The van der Waals surface area contributed by atoms with E-state index in [4.69, 9.17) is 0 Å². The van der Waals surface area contributed by atoms with Crippen LogP contribution in [0.1, 0.15) is 48.7 Å². The molecular weight excluding hydrogens is 240 g/mol. The van der Waals surface area contributed by atoms with Gasteiger partial charge in [-0.3, -0.25) is 4.79 Å². The minimum absolute atomic E-state index is 0.0813. The van der Waals surface area contributed by atoms with Gasteiger partial charge in [-0.15, -0.1) is 0 Å². The second-order valence-electron chi connectivity index (χ2n) is 5.57. The van der Waals surface area contributed by atoms with E-state index in [1.165, 1.54) is 12.8 Å². The molecule has 0 atom stereocenters. The predicted octanol–water partition coefficient (Wildman–Crippen LogP) is 2.22. The highest BCUT2D eigenvalue weighted by molar-refractivity contribution is 6.04. The maximum Gasteiger partial charge on any atom is 0.255 e. The Hall–Kier alpha value is -1.91. The molecule has 100 valence electrons. The molecule has 1 aliphatic carbocycles. The molecule has 2 aromatic rings. The number of H-pyrrole nitrogens is 1. The maximum absolute atomic E-state index is 12.1. The lowest BCUT2D eigenvalue weighted by Crippen LogP contribution is -2.27. The zero-order chi connectivity index (χ0) is 13.4. The van der Waals surface area contributed by atoms with E-state index in [-0.39, 0.29) is 5.91 Å². The summed E-state index contributed by atoms with van der Waals surface area (Å²) >= 11 is 0. The molecule has 5 nitrogen and oxygen atoms in total. The highest BCUT2D eigenvalue weighted by Crippen LogP contribution is 2.39. The lowest BCUT2D eigenvalue weighted by Gasteiger charge is -2.06. The molecule has 1 amide bonds. The molecule has 2 N–H and O–H groups in total. The molecule has 0 bridgehead atoms. The van der Waals surface area contributed by atoms with E-state index < -0.39 is 0 Å². The van der Waals surface area contributed by atoms with Crippen molar-refractivity contribution in [2.45, 2.75) is 32.6 Å². The molecule has 1 saturated carbocycles. The van der Waals surface area contributed by atoms with Crippen LogP contribution in [-0.4, -0.2) is 27.4 Å². The fraction of sp³-hybridized carbons (Fsp3) is 0.500. The summed E-state index contributed by atoms with van der Waals surface area (Å²) in [5.41, 5.74) is 2.96. The van der Waals surface area contributed by atoms with Crippen molar-refractivity contribution in [3.8, 4) is 0 Å². The van der Waals surface area contributed by atoms with E-state index in [2.05, 4.69) is 34.1 Å². The molecule has 1 fully saturated rings. The van der Waals surface area contributed by atoms with Gasteiger partial charge in [0.05, 0.1) is 17.5 Å². The van der Waals surface area contributed by atoms with Crippen molar-refractivity contribution in [2.75, 3.05) is 6.54 Å². The number of carbonyl (C=O) groups is 1. The predicted molar refractivity (Wildman–Crippen MR) is 73.0 cm³/mol. The van der Waals surface area contributed by atoms with Crippen LogP contribution in [0.5, 0.6) is 0 Å². The number of fused-ring (bicyclic) bond motifs is 1. The highest BCUT2D eigenvalue weighted by Gasteiger charge is 2.26. The van der Waals surface area contributed by atoms with Crippen LogP contribution in [0.4, 0.5) is 0 Å². The molecule has 0 radical (unpaired) electrons. The summed E-state index contributed by atoms with van der Waals surface area (Å²) < 4.78 is 0. The molecule has 2 heterocycles. The summed E-state index contributed by atoms with van der Waals surface area (Å²) in [5.74, 6) is 0.892. The average molecular weight is 258 g/mol. The summed E-state index contributed by atoms with van der Waals surface area (Å²) in [4.78, 5) is 24.1. The molecule has 5 heteroatoms. The number of nitrogens with one attached hydrogen (secondary N) is 2. The van der Waals surface area contributed by atoms with Crippen LogP contribution in [0.2, 0.25) is 0 Å². The van der Waals surface area contributed by atoms with Gasteiger partial charge in [-0.25, -0.2) is 9.97 Å². The molecule has 3 rings (SSSR count). The van der Waals surface area contributed by atoms with Gasteiger partial charge in [0, 0.05) is 18.7 Å². The fourth-order valence-electron chi connectivity index (χ4n) is 2.05. The molecule has 0 aromatic carbocycles. The van der Waals surface area contributed by atoms with E-state index in [1.54, 1.807) is 6.20 Å². The van der Waals surface area contributed by atoms with Gasteiger partial charge >= 0.3 is 0 Å². The Morgan fingerprint density at radius 1 is 1.53 bits per heavy atom. The van der Waals surface area contributed by atoms with E-state index in [0.717, 1.165) is 5.69 Å². The summed E-state index contributed by atoms with van der Waals surface area (Å²) in [6, 6.07) is 0. The number of nitrogens with zero attached hydrogens (tertiary/aromatic N) is 2. The van der Waals surface area contributed by atoms with Gasteiger partial charge in [-0.2, -0.15) is 0 Å². The van der Waals surface area contributed by atoms with Gasteiger partial charge in [0.15, 0.2) is 5.65 Å². The minimum Gasteiger partial charge on any atom is -0.352 e. The van der Waals surface area contributed by atoms with Gasteiger partial charge in [-0.05, 0) is 18.8 Å². The molecule has 1 aliphatic rings. The van der Waals surface area contributed by atoms with Crippen LogP contribution in [0.25, 0.3) is 11.2 Å². The zero-order valence-electron chi connectivity index (χ0n) is 11.2. The number of amides is 1. The Balaban J connectivity index is 1.89. The van der Waals surface area contributed by atoms with Gasteiger partial charge in [0.1, 0.15) is 5.52 Å². The Morgan fingerprint density at radius 3 is 3.00 bits per heavy atom. The summed E-state index contributed by atoms with van der Waals surface area (Å²) in [6.45, 7) is 4.81. The molecular formula is C14H18N4O. The largest absolute Gasteiger partial charge is 0.352 e. The summed E-state index contributed by atoms with van der Waals surface area (Å²) in [7, 11) is 0. The smallest absolute Gasteiger partial charge is 0.255 e. The van der Waals surface area contributed by atoms with Crippen LogP contribution in [0.3, 0.4) is 0 Å². The molecule has 0 spiro atoms. The Kier molecular flexibility index (Phi) is 2.97. The van der Waals surface area contributed by atoms with Crippen molar-refractivity contribution in [1.82, 2.24) is 20.3 Å². The van der Waals surface area contributed by atoms with E-state index in [0.29, 0.717) is 35.1 Å². The van der Waals surface area contributed by atoms with Gasteiger partial charge in [0.25, 0.3) is 5.91 Å². The first-order chi connectivity index (χ1) is 9.15. The van der Waals surface area contributed by atoms with Crippen LogP contribution >= 0.6 is 0 Å². The van der Waals surface area contributed by atoms with Crippen LogP contribution in [-0.2, 0) is 0 Å². The monoisotopic (exact) mass is 258 g/mol. The second kappa shape index (κ2) is 4.64. The van der Waals surface area contributed by atoms with E-state index in [1.807, 2.05) is 6.20 Å². The minimum atomic E-state index is -0.0813. The van der Waals surface area contributed by atoms with Crippen molar-refractivity contribution in [1.29, 1.82) is 0 Å². The summed E-state index contributed by atoms with van der Waals surface area (Å²) in [5, 5.41) is 2.91. The normalized spacial score (nSPS) is 15.1. The zero-order valence-corrected chi connectivity index (χ0v) is 11.2. The van der Waals surface area contributed by atoms with Crippen molar-refractivity contribution in [3.63, 3.8) is 0 Å². The first-order valence-corrected chi connectivity index (χ1v) is 6.77. The van der Waals surface area contributed by atoms with Gasteiger partial charge in [0.2, 0.25) is 0 Å². The Morgan fingerprint density at radius 2 is 2.32 bits per heavy atom. The van der Waals surface area contributed by atoms with Crippen molar-refractivity contribution in [3.05, 3.63) is 23.7 Å².